The minimum atomic E-state index is 0.0921. The van der Waals surface area contributed by atoms with Gasteiger partial charge < -0.3 is 9.88 Å². The SMILES string of the molecule is CCn1cc(CN2CCn3cc(CC(=O)NC4CC4)nc3[C@@H]2C)cn1. The number of nitrogens with zero attached hydrogens (tertiary/aromatic N) is 5. The number of aromatic nitrogens is 4. The number of imidazole rings is 1. The minimum absolute atomic E-state index is 0.0921. The molecular formula is C18H26N6O. The van der Waals surface area contributed by atoms with E-state index in [1.54, 1.807) is 0 Å². The molecule has 2 aliphatic rings. The van der Waals surface area contributed by atoms with Crippen LogP contribution in [0.5, 0.6) is 0 Å². The molecule has 1 aliphatic heterocycles. The number of carbonyl (C=O) groups is 1. The molecule has 4 rings (SSSR count). The summed E-state index contributed by atoms with van der Waals surface area (Å²) in [5, 5.41) is 7.40. The van der Waals surface area contributed by atoms with Gasteiger partial charge in [0.2, 0.25) is 5.91 Å². The van der Waals surface area contributed by atoms with Crippen LogP contribution in [0.2, 0.25) is 0 Å². The molecular weight excluding hydrogens is 316 g/mol. The lowest BCUT2D eigenvalue weighted by Gasteiger charge is -2.33. The van der Waals surface area contributed by atoms with Gasteiger partial charge >= 0.3 is 0 Å². The number of carbonyl (C=O) groups excluding carboxylic acids is 1. The largest absolute Gasteiger partial charge is 0.353 e. The van der Waals surface area contributed by atoms with Crippen molar-refractivity contribution in [3.63, 3.8) is 0 Å². The molecule has 1 fully saturated rings. The average Bonchev–Trinajstić information content (AvgIpc) is 3.12. The average molecular weight is 342 g/mol. The minimum Gasteiger partial charge on any atom is -0.353 e. The third-order valence-corrected chi connectivity index (χ3v) is 5.09. The lowest BCUT2D eigenvalue weighted by molar-refractivity contribution is -0.120. The van der Waals surface area contributed by atoms with Gasteiger partial charge in [-0.2, -0.15) is 5.10 Å². The maximum absolute atomic E-state index is 12.0. The van der Waals surface area contributed by atoms with Crippen molar-refractivity contribution in [1.29, 1.82) is 0 Å². The molecule has 3 heterocycles. The molecule has 1 aliphatic carbocycles. The normalized spacial score (nSPS) is 20.5. The smallest absolute Gasteiger partial charge is 0.226 e. The van der Waals surface area contributed by atoms with Crippen molar-refractivity contribution in [3.8, 4) is 0 Å². The molecule has 2 aromatic rings. The first-order valence-corrected chi connectivity index (χ1v) is 9.23. The molecule has 0 radical (unpaired) electrons. The number of aryl methyl sites for hydroxylation is 1. The highest BCUT2D eigenvalue weighted by Gasteiger charge is 2.28. The summed E-state index contributed by atoms with van der Waals surface area (Å²) in [5.41, 5.74) is 2.11. The van der Waals surface area contributed by atoms with E-state index in [0.29, 0.717) is 12.5 Å². The van der Waals surface area contributed by atoms with E-state index in [-0.39, 0.29) is 11.9 Å². The number of amides is 1. The van der Waals surface area contributed by atoms with E-state index in [2.05, 4.69) is 39.9 Å². The van der Waals surface area contributed by atoms with Crippen LogP contribution in [0.4, 0.5) is 0 Å². The van der Waals surface area contributed by atoms with Gasteiger partial charge in [-0.25, -0.2) is 4.98 Å². The van der Waals surface area contributed by atoms with Crippen LogP contribution in [0.15, 0.2) is 18.6 Å². The number of hydrogen-bond donors (Lipinski definition) is 1. The first kappa shape index (κ1) is 16.3. The molecule has 7 heteroatoms. The van der Waals surface area contributed by atoms with Gasteiger partial charge in [0.1, 0.15) is 5.82 Å². The van der Waals surface area contributed by atoms with Crippen molar-refractivity contribution >= 4 is 5.91 Å². The van der Waals surface area contributed by atoms with Crippen LogP contribution in [-0.2, 0) is 30.8 Å². The van der Waals surface area contributed by atoms with Crippen molar-refractivity contribution in [1.82, 2.24) is 29.5 Å². The van der Waals surface area contributed by atoms with Crippen LogP contribution in [-0.4, -0.2) is 42.7 Å². The maximum atomic E-state index is 12.0. The molecule has 0 saturated heterocycles. The zero-order chi connectivity index (χ0) is 17.4. The molecule has 25 heavy (non-hydrogen) atoms. The summed E-state index contributed by atoms with van der Waals surface area (Å²) in [6, 6.07) is 0.641. The van der Waals surface area contributed by atoms with E-state index in [1.807, 2.05) is 17.1 Å². The topological polar surface area (TPSA) is 68.0 Å². The fourth-order valence-corrected chi connectivity index (χ4v) is 3.46. The quantitative estimate of drug-likeness (QED) is 0.864. The third-order valence-electron chi connectivity index (χ3n) is 5.09. The zero-order valence-electron chi connectivity index (χ0n) is 15.0. The lowest BCUT2D eigenvalue weighted by Crippen LogP contribution is -2.36. The van der Waals surface area contributed by atoms with E-state index in [9.17, 15) is 4.79 Å². The summed E-state index contributed by atoms with van der Waals surface area (Å²) in [5.74, 6) is 1.15. The summed E-state index contributed by atoms with van der Waals surface area (Å²) in [4.78, 5) is 19.2. The van der Waals surface area contributed by atoms with Crippen molar-refractivity contribution in [2.45, 2.75) is 64.8 Å². The molecule has 1 amide bonds. The number of fused-ring (bicyclic) bond motifs is 1. The van der Waals surface area contributed by atoms with Crippen LogP contribution in [0.3, 0.4) is 0 Å². The van der Waals surface area contributed by atoms with Crippen molar-refractivity contribution in [2.24, 2.45) is 0 Å². The van der Waals surface area contributed by atoms with E-state index in [4.69, 9.17) is 4.98 Å². The summed E-state index contributed by atoms with van der Waals surface area (Å²) >= 11 is 0. The first-order chi connectivity index (χ1) is 12.1. The van der Waals surface area contributed by atoms with Gasteiger partial charge in [0.05, 0.1) is 24.4 Å². The highest BCUT2D eigenvalue weighted by atomic mass is 16.1. The molecule has 0 unspecified atom stereocenters. The lowest BCUT2D eigenvalue weighted by atomic mass is 10.2. The molecule has 1 N–H and O–H groups in total. The molecule has 0 bridgehead atoms. The van der Waals surface area contributed by atoms with E-state index >= 15 is 0 Å². The van der Waals surface area contributed by atoms with Gasteiger partial charge in [0.15, 0.2) is 0 Å². The third kappa shape index (κ3) is 3.61. The highest BCUT2D eigenvalue weighted by molar-refractivity contribution is 5.78. The van der Waals surface area contributed by atoms with Crippen LogP contribution in [0, 0.1) is 0 Å². The Labute approximate surface area is 148 Å². The Kier molecular flexibility index (Phi) is 4.33. The van der Waals surface area contributed by atoms with Gasteiger partial charge in [-0.1, -0.05) is 0 Å². The van der Waals surface area contributed by atoms with Crippen LogP contribution < -0.4 is 5.32 Å². The van der Waals surface area contributed by atoms with Crippen LogP contribution in [0.1, 0.15) is 49.8 Å². The molecule has 2 aromatic heterocycles. The van der Waals surface area contributed by atoms with Gasteiger partial charge in [-0.3, -0.25) is 14.4 Å². The Morgan fingerprint density at radius 3 is 2.88 bits per heavy atom. The second-order valence-corrected chi connectivity index (χ2v) is 7.15. The Morgan fingerprint density at radius 2 is 2.16 bits per heavy atom. The van der Waals surface area contributed by atoms with Crippen molar-refractivity contribution < 1.29 is 4.79 Å². The maximum Gasteiger partial charge on any atom is 0.226 e. The van der Waals surface area contributed by atoms with Crippen molar-refractivity contribution in [2.75, 3.05) is 6.54 Å². The van der Waals surface area contributed by atoms with Gasteiger partial charge in [0.25, 0.3) is 0 Å². The Hall–Kier alpha value is -2.15. The standard InChI is InChI=1S/C18H26N6O/c1-3-24-11-14(9-19-24)10-22-6-7-23-12-16(21-18(23)13(22)2)8-17(25)20-15-4-5-15/h9,11-13,15H,3-8,10H2,1-2H3,(H,20,25)/t13-/m0/s1. The predicted molar refractivity (Wildman–Crippen MR) is 93.8 cm³/mol. The Morgan fingerprint density at radius 1 is 1.32 bits per heavy atom. The molecule has 7 nitrogen and oxygen atoms in total. The Bertz CT molecular complexity index is 759. The van der Waals surface area contributed by atoms with E-state index in [1.165, 1.54) is 5.56 Å². The van der Waals surface area contributed by atoms with Crippen LogP contribution in [0.25, 0.3) is 0 Å². The molecule has 0 spiro atoms. The Balaban J connectivity index is 1.42. The molecule has 134 valence electrons. The fourth-order valence-electron chi connectivity index (χ4n) is 3.46. The van der Waals surface area contributed by atoms with Crippen molar-refractivity contribution in [3.05, 3.63) is 35.7 Å². The summed E-state index contributed by atoms with van der Waals surface area (Å²) in [6.07, 6.45) is 8.72. The summed E-state index contributed by atoms with van der Waals surface area (Å²) in [6.45, 7) is 7.96. The number of hydrogen-bond acceptors (Lipinski definition) is 4. The number of nitrogens with one attached hydrogen (secondary N) is 1. The summed E-state index contributed by atoms with van der Waals surface area (Å²) in [7, 11) is 0. The summed E-state index contributed by atoms with van der Waals surface area (Å²) < 4.78 is 4.16. The zero-order valence-corrected chi connectivity index (χ0v) is 15.0. The highest BCUT2D eigenvalue weighted by Crippen LogP contribution is 2.26. The second-order valence-electron chi connectivity index (χ2n) is 7.15. The second kappa shape index (κ2) is 6.63. The van der Waals surface area contributed by atoms with Crippen LogP contribution >= 0.6 is 0 Å². The number of rotatable bonds is 6. The molecule has 0 aromatic carbocycles. The fraction of sp³-hybridized carbons (Fsp3) is 0.611. The predicted octanol–water partition coefficient (Wildman–Crippen LogP) is 1.50. The van der Waals surface area contributed by atoms with Gasteiger partial charge in [-0.15, -0.1) is 0 Å². The van der Waals surface area contributed by atoms with E-state index < -0.39 is 0 Å². The van der Waals surface area contributed by atoms with Gasteiger partial charge in [-0.05, 0) is 26.7 Å². The molecule has 1 atom stereocenters. The first-order valence-electron chi connectivity index (χ1n) is 9.23. The monoisotopic (exact) mass is 342 g/mol. The van der Waals surface area contributed by atoms with Gasteiger partial charge in [0, 0.05) is 50.2 Å². The van der Waals surface area contributed by atoms with E-state index in [0.717, 1.165) is 50.5 Å². The molecule has 1 saturated carbocycles.